The molecule has 1 aliphatic heterocycles. The van der Waals surface area contributed by atoms with Crippen molar-refractivity contribution in [3.05, 3.63) is 17.7 Å². The summed E-state index contributed by atoms with van der Waals surface area (Å²) in [6, 6.07) is 1.83. The van der Waals surface area contributed by atoms with E-state index in [2.05, 4.69) is 5.32 Å². The van der Waals surface area contributed by atoms with Crippen molar-refractivity contribution in [3.63, 3.8) is 0 Å². The SMILES string of the molecule is COc1cc(C(NC=O)C(=O)O)cc2c1OCO2. The Morgan fingerprint density at radius 3 is 2.94 bits per heavy atom. The van der Waals surface area contributed by atoms with Crippen LogP contribution in [0.2, 0.25) is 0 Å². The molecule has 0 saturated carbocycles. The zero-order valence-corrected chi connectivity index (χ0v) is 9.50. The quantitative estimate of drug-likeness (QED) is 0.733. The van der Waals surface area contributed by atoms with Crippen molar-refractivity contribution in [2.24, 2.45) is 0 Å². The second kappa shape index (κ2) is 4.82. The predicted octanol–water partition coefficient (Wildman–Crippen LogP) is 0.296. The predicted molar refractivity (Wildman–Crippen MR) is 58.7 cm³/mol. The molecule has 0 radical (unpaired) electrons. The average Bonchev–Trinajstić information content (AvgIpc) is 2.82. The van der Waals surface area contributed by atoms with Crippen LogP contribution in [0.5, 0.6) is 17.2 Å². The van der Waals surface area contributed by atoms with E-state index in [1.165, 1.54) is 19.2 Å². The molecule has 0 saturated heterocycles. The number of carboxylic acids is 1. The minimum Gasteiger partial charge on any atom is -0.493 e. The number of hydrogen-bond donors (Lipinski definition) is 2. The molecule has 1 heterocycles. The highest BCUT2D eigenvalue weighted by atomic mass is 16.7. The zero-order chi connectivity index (χ0) is 13.1. The number of carboxylic acid groups (broad SMARTS) is 1. The van der Waals surface area contributed by atoms with Crippen LogP contribution in [0, 0.1) is 0 Å². The van der Waals surface area contributed by atoms with E-state index < -0.39 is 12.0 Å². The van der Waals surface area contributed by atoms with Crippen LogP contribution in [0.25, 0.3) is 0 Å². The minimum absolute atomic E-state index is 0.0496. The molecular formula is C11H11NO6. The number of ether oxygens (including phenoxy) is 3. The van der Waals surface area contributed by atoms with Gasteiger partial charge in [-0.05, 0) is 17.7 Å². The molecule has 2 rings (SSSR count). The van der Waals surface area contributed by atoms with Gasteiger partial charge in [0.15, 0.2) is 17.5 Å². The van der Waals surface area contributed by atoms with Gasteiger partial charge in [-0.3, -0.25) is 4.79 Å². The van der Waals surface area contributed by atoms with E-state index in [9.17, 15) is 9.59 Å². The molecule has 0 fully saturated rings. The lowest BCUT2D eigenvalue weighted by molar-refractivity contribution is -0.140. The smallest absolute Gasteiger partial charge is 0.330 e. The first-order valence-corrected chi connectivity index (χ1v) is 5.07. The highest BCUT2D eigenvalue weighted by molar-refractivity contribution is 5.79. The topological polar surface area (TPSA) is 94.1 Å². The largest absolute Gasteiger partial charge is 0.493 e. The molecule has 1 aliphatic rings. The number of benzene rings is 1. The van der Waals surface area contributed by atoms with Crippen LogP contribution in [0.4, 0.5) is 0 Å². The molecule has 2 N–H and O–H groups in total. The Morgan fingerprint density at radius 1 is 1.56 bits per heavy atom. The number of amides is 1. The second-order valence-electron chi connectivity index (χ2n) is 3.51. The van der Waals surface area contributed by atoms with Gasteiger partial charge in [0.05, 0.1) is 7.11 Å². The maximum absolute atomic E-state index is 11.1. The molecule has 96 valence electrons. The third kappa shape index (κ3) is 2.02. The number of methoxy groups -OCH3 is 1. The van der Waals surface area contributed by atoms with Gasteiger partial charge in [-0.1, -0.05) is 0 Å². The average molecular weight is 253 g/mol. The highest BCUT2D eigenvalue weighted by Crippen LogP contribution is 2.42. The standard InChI is InChI=1S/C11H11NO6/c1-16-7-2-6(9(11(14)15)12-4-13)3-8-10(7)18-5-17-8/h2-4,9H,5H2,1H3,(H,12,13)(H,14,15). The van der Waals surface area contributed by atoms with Gasteiger partial charge >= 0.3 is 5.97 Å². The monoisotopic (exact) mass is 253 g/mol. The molecular weight excluding hydrogens is 242 g/mol. The van der Waals surface area contributed by atoms with Crippen LogP contribution in [-0.2, 0) is 9.59 Å². The molecule has 0 bridgehead atoms. The van der Waals surface area contributed by atoms with E-state index in [4.69, 9.17) is 19.3 Å². The first-order chi connectivity index (χ1) is 8.67. The Kier molecular flexibility index (Phi) is 3.22. The maximum atomic E-state index is 11.1. The Morgan fingerprint density at radius 2 is 2.33 bits per heavy atom. The van der Waals surface area contributed by atoms with Gasteiger partial charge in [0.2, 0.25) is 19.0 Å². The highest BCUT2D eigenvalue weighted by Gasteiger charge is 2.26. The van der Waals surface area contributed by atoms with Gasteiger partial charge in [-0.25, -0.2) is 4.79 Å². The molecule has 7 heteroatoms. The number of nitrogens with one attached hydrogen (secondary N) is 1. The van der Waals surface area contributed by atoms with Gasteiger partial charge < -0.3 is 24.6 Å². The second-order valence-corrected chi connectivity index (χ2v) is 3.51. The number of aliphatic carboxylic acids is 1. The lowest BCUT2D eigenvalue weighted by Crippen LogP contribution is -2.27. The third-order valence-electron chi connectivity index (χ3n) is 2.50. The summed E-state index contributed by atoms with van der Waals surface area (Å²) in [7, 11) is 1.43. The van der Waals surface area contributed by atoms with Gasteiger partial charge in [0.1, 0.15) is 0 Å². The van der Waals surface area contributed by atoms with Crippen molar-refractivity contribution in [2.45, 2.75) is 6.04 Å². The molecule has 0 aromatic heterocycles. The van der Waals surface area contributed by atoms with E-state index in [1.807, 2.05) is 0 Å². The summed E-state index contributed by atoms with van der Waals surface area (Å²) in [5.41, 5.74) is 0.343. The number of rotatable bonds is 5. The molecule has 1 atom stereocenters. The van der Waals surface area contributed by atoms with Gasteiger partial charge in [0, 0.05) is 0 Å². The summed E-state index contributed by atoms with van der Waals surface area (Å²) < 4.78 is 15.5. The molecule has 0 aliphatic carbocycles. The molecule has 1 aromatic carbocycles. The molecule has 7 nitrogen and oxygen atoms in total. The summed E-state index contributed by atoms with van der Waals surface area (Å²) in [4.78, 5) is 21.5. The van der Waals surface area contributed by atoms with Gasteiger partial charge in [-0.2, -0.15) is 0 Å². The van der Waals surface area contributed by atoms with Crippen LogP contribution < -0.4 is 19.5 Å². The van der Waals surface area contributed by atoms with Crippen LogP contribution in [-0.4, -0.2) is 31.4 Å². The van der Waals surface area contributed by atoms with E-state index in [0.717, 1.165) is 0 Å². The molecule has 1 unspecified atom stereocenters. The van der Waals surface area contributed by atoms with Crippen molar-refractivity contribution < 1.29 is 28.9 Å². The first kappa shape index (κ1) is 12.0. The van der Waals surface area contributed by atoms with Crippen molar-refractivity contribution in [1.82, 2.24) is 5.32 Å². The van der Waals surface area contributed by atoms with Crippen LogP contribution in [0.1, 0.15) is 11.6 Å². The van der Waals surface area contributed by atoms with Crippen molar-refractivity contribution in [2.75, 3.05) is 13.9 Å². The van der Waals surface area contributed by atoms with Gasteiger partial charge in [0.25, 0.3) is 0 Å². The first-order valence-electron chi connectivity index (χ1n) is 5.07. The summed E-state index contributed by atoms with van der Waals surface area (Å²) in [5.74, 6) is 0.00163. The lowest BCUT2D eigenvalue weighted by Gasteiger charge is -2.14. The van der Waals surface area contributed by atoms with E-state index in [-0.39, 0.29) is 6.79 Å². The van der Waals surface area contributed by atoms with Crippen LogP contribution >= 0.6 is 0 Å². The van der Waals surface area contributed by atoms with Crippen LogP contribution in [0.3, 0.4) is 0 Å². The zero-order valence-electron chi connectivity index (χ0n) is 9.50. The summed E-state index contributed by atoms with van der Waals surface area (Å²) in [6.07, 6.45) is 0.329. The lowest BCUT2D eigenvalue weighted by atomic mass is 10.1. The number of fused-ring (bicyclic) bond motifs is 1. The van der Waals surface area contributed by atoms with Crippen molar-refractivity contribution in [3.8, 4) is 17.2 Å². The summed E-state index contributed by atoms with van der Waals surface area (Å²) in [6.45, 7) is 0.0496. The van der Waals surface area contributed by atoms with E-state index in [0.29, 0.717) is 29.2 Å². The van der Waals surface area contributed by atoms with Crippen LogP contribution in [0.15, 0.2) is 12.1 Å². The van der Waals surface area contributed by atoms with E-state index in [1.54, 1.807) is 0 Å². The fourth-order valence-corrected chi connectivity index (χ4v) is 1.69. The summed E-state index contributed by atoms with van der Waals surface area (Å²) in [5, 5.41) is 11.2. The Labute approximate surface area is 102 Å². The van der Waals surface area contributed by atoms with Crippen molar-refractivity contribution >= 4 is 12.4 Å². The summed E-state index contributed by atoms with van der Waals surface area (Å²) >= 11 is 0. The normalized spacial score (nSPS) is 13.8. The fraction of sp³-hybridized carbons (Fsp3) is 0.273. The van der Waals surface area contributed by atoms with E-state index >= 15 is 0 Å². The molecule has 18 heavy (non-hydrogen) atoms. The molecule has 0 spiro atoms. The molecule has 1 aromatic rings. The molecule has 1 amide bonds. The Balaban J connectivity index is 2.44. The van der Waals surface area contributed by atoms with Crippen molar-refractivity contribution in [1.29, 1.82) is 0 Å². The Hall–Kier alpha value is -2.44. The minimum atomic E-state index is -1.18. The fourth-order valence-electron chi connectivity index (χ4n) is 1.69. The number of carbonyl (C=O) groups is 2. The number of carbonyl (C=O) groups excluding carboxylic acids is 1. The number of hydrogen-bond acceptors (Lipinski definition) is 5. The Bertz CT molecular complexity index is 487. The third-order valence-corrected chi connectivity index (χ3v) is 2.50. The maximum Gasteiger partial charge on any atom is 0.330 e. The van der Waals surface area contributed by atoms with Gasteiger partial charge in [-0.15, -0.1) is 0 Å².